The lowest BCUT2D eigenvalue weighted by atomic mass is 9.82. The van der Waals surface area contributed by atoms with Gasteiger partial charge in [0.15, 0.2) is 6.29 Å². The number of aliphatic hydroxyl groups excluding tert-OH is 1. The Hall–Kier alpha value is -4.36. The van der Waals surface area contributed by atoms with Crippen molar-refractivity contribution >= 4 is 36.0 Å². The molecule has 1 amide bonds. The third-order valence-electron chi connectivity index (χ3n) is 9.76. The summed E-state index contributed by atoms with van der Waals surface area (Å²) in [5.74, 6) is -3.26. The summed E-state index contributed by atoms with van der Waals surface area (Å²) in [7, 11) is 4.51. The smallest absolute Gasteiger partial charge is 0.416 e. The van der Waals surface area contributed by atoms with Crippen LogP contribution in [0.15, 0.2) is 48.6 Å². The van der Waals surface area contributed by atoms with Crippen molar-refractivity contribution in [1.82, 2.24) is 4.90 Å². The Bertz CT molecular complexity index is 1590. The molecule has 2 aliphatic heterocycles. The second kappa shape index (κ2) is 22.1. The van der Waals surface area contributed by atoms with Gasteiger partial charge in [0.25, 0.3) is 0 Å². The van der Waals surface area contributed by atoms with Crippen LogP contribution in [-0.2, 0) is 58.5 Å². The van der Waals surface area contributed by atoms with Gasteiger partial charge in [-0.1, -0.05) is 25.2 Å². The average molecular weight is 829 g/mol. The number of ether oxygens (including phenoxy) is 7. The predicted octanol–water partition coefficient (Wildman–Crippen LogP) is 4.99. The van der Waals surface area contributed by atoms with Crippen LogP contribution in [0.4, 0.5) is 23.7 Å². The number of anilines is 1. The molecule has 324 valence electrons. The number of aliphatic hydroxyl groups is 1. The van der Waals surface area contributed by atoms with E-state index in [1.165, 1.54) is 14.0 Å². The number of carbonyl (C=O) groups excluding carboxylic acids is 5. The van der Waals surface area contributed by atoms with Crippen molar-refractivity contribution in [2.24, 2.45) is 11.8 Å². The maximum atomic E-state index is 13.2. The van der Waals surface area contributed by atoms with Gasteiger partial charge in [-0.05, 0) is 76.5 Å². The number of carbonyl (C=O) groups is 5. The molecule has 1 aromatic rings. The van der Waals surface area contributed by atoms with Gasteiger partial charge in [-0.25, -0.2) is 4.79 Å². The number of likely N-dealkylation sites (N-methyl/N-ethyl adjacent to an activating group) is 1. The summed E-state index contributed by atoms with van der Waals surface area (Å²) < 4.78 is 80.3. The largest absolute Gasteiger partial charge is 0.462 e. The number of aldehydes is 1. The zero-order valence-corrected chi connectivity index (χ0v) is 33.9. The van der Waals surface area contributed by atoms with Gasteiger partial charge in [0, 0.05) is 39.5 Å². The highest BCUT2D eigenvalue weighted by atomic mass is 19.4. The zero-order valence-electron chi connectivity index (χ0n) is 33.9. The van der Waals surface area contributed by atoms with Crippen molar-refractivity contribution < 1.29 is 75.4 Å². The first-order valence-electron chi connectivity index (χ1n) is 18.9. The second-order valence-electron chi connectivity index (χ2n) is 14.7. The fourth-order valence-electron chi connectivity index (χ4n) is 7.08. The highest BCUT2D eigenvalue weighted by Gasteiger charge is 2.50. The van der Waals surface area contributed by atoms with E-state index >= 15 is 0 Å². The van der Waals surface area contributed by atoms with Gasteiger partial charge in [-0.2, -0.15) is 13.2 Å². The molecular weight excluding hydrogens is 773 g/mol. The number of amides is 1. The van der Waals surface area contributed by atoms with Crippen LogP contribution >= 0.6 is 0 Å². The first kappa shape index (κ1) is 48.0. The molecule has 2 aliphatic rings. The minimum Gasteiger partial charge on any atom is -0.462 e. The SMILES string of the molecule is CO[C@@H]1[C@@H](O[C@@H]2O[C@H](C)[C@@H](OC(=O)Nc3ccc(C(F)(F)F)cc3)[C@H](N(C)C)[C@H]2O)[C@@H](CC=O)C[C@@H](C)[C@@H](OC(C)=O)/C=C/C=C/C[C@@H](C)OC(=O)C[C@H]1OC(C)=O. The number of halogens is 3. The van der Waals surface area contributed by atoms with Crippen molar-refractivity contribution in [2.45, 2.75) is 128 Å². The van der Waals surface area contributed by atoms with E-state index in [2.05, 4.69) is 5.32 Å². The van der Waals surface area contributed by atoms with Gasteiger partial charge in [-0.15, -0.1) is 0 Å². The summed E-state index contributed by atoms with van der Waals surface area (Å²) in [4.78, 5) is 64.8. The van der Waals surface area contributed by atoms with Crippen molar-refractivity contribution in [3.05, 3.63) is 54.1 Å². The molecule has 12 atom stereocenters. The van der Waals surface area contributed by atoms with Crippen LogP contribution in [0.25, 0.3) is 0 Å². The van der Waals surface area contributed by atoms with Crippen LogP contribution in [0.3, 0.4) is 0 Å². The summed E-state index contributed by atoms with van der Waals surface area (Å²) >= 11 is 0. The molecule has 0 bridgehead atoms. The van der Waals surface area contributed by atoms with Gasteiger partial charge < -0.3 is 48.0 Å². The van der Waals surface area contributed by atoms with Crippen LogP contribution in [0.1, 0.15) is 65.9 Å². The first-order chi connectivity index (χ1) is 27.2. The molecule has 3 rings (SSSR count). The second-order valence-corrected chi connectivity index (χ2v) is 14.7. The quantitative estimate of drug-likeness (QED) is 0.183. The molecule has 0 aromatic heterocycles. The molecule has 0 radical (unpaired) electrons. The number of rotatable bonds is 10. The number of cyclic esters (lactones) is 1. The number of hydrogen-bond acceptors (Lipinski definition) is 14. The van der Waals surface area contributed by atoms with E-state index in [0.29, 0.717) is 12.7 Å². The predicted molar refractivity (Wildman–Crippen MR) is 201 cm³/mol. The number of allylic oxidation sites excluding steroid dienone is 2. The number of hydrogen-bond donors (Lipinski definition) is 2. The van der Waals surface area contributed by atoms with E-state index in [1.54, 1.807) is 64.1 Å². The van der Waals surface area contributed by atoms with Gasteiger partial charge in [0.05, 0.1) is 30.2 Å². The highest BCUT2D eigenvalue weighted by molar-refractivity contribution is 5.84. The molecule has 0 saturated carbocycles. The third kappa shape index (κ3) is 14.2. The van der Waals surface area contributed by atoms with Crippen molar-refractivity contribution in [3.63, 3.8) is 0 Å². The van der Waals surface area contributed by atoms with Crippen LogP contribution in [0, 0.1) is 11.8 Å². The van der Waals surface area contributed by atoms with E-state index in [4.69, 9.17) is 33.2 Å². The fourth-order valence-corrected chi connectivity index (χ4v) is 7.08. The Balaban J connectivity index is 2.03. The molecule has 1 saturated heterocycles. The normalized spacial score (nSPS) is 32.6. The third-order valence-corrected chi connectivity index (χ3v) is 9.76. The average Bonchev–Trinajstić information content (AvgIpc) is 3.11. The number of benzene rings is 1. The summed E-state index contributed by atoms with van der Waals surface area (Å²) in [6.45, 7) is 7.45. The number of nitrogens with zero attached hydrogens (tertiary/aromatic N) is 1. The van der Waals surface area contributed by atoms with E-state index in [9.17, 15) is 42.3 Å². The van der Waals surface area contributed by atoms with Crippen LogP contribution < -0.4 is 5.32 Å². The van der Waals surface area contributed by atoms with Gasteiger partial charge in [0.1, 0.15) is 42.9 Å². The Kier molecular flexibility index (Phi) is 18.3. The van der Waals surface area contributed by atoms with Gasteiger partial charge >= 0.3 is 30.2 Å². The lowest BCUT2D eigenvalue weighted by Gasteiger charge is -2.47. The summed E-state index contributed by atoms with van der Waals surface area (Å²) in [5, 5.41) is 14.2. The van der Waals surface area contributed by atoms with E-state index in [0.717, 1.165) is 31.2 Å². The number of nitrogens with one attached hydrogen (secondary N) is 1. The molecule has 2 N–H and O–H groups in total. The minimum absolute atomic E-state index is 0.0233. The lowest BCUT2D eigenvalue weighted by molar-refractivity contribution is -0.309. The van der Waals surface area contributed by atoms with Crippen molar-refractivity contribution in [2.75, 3.05) is 26.5 Å². The Morgan fingerprint density at radius 3 is 2.21 bits per heavy atom. The molecule has 58 heavy (non-hydrogen) atoms. The molecule has 1 fully saturated rings. The maximum absolute atomic E-state index is 13.2. The van der Waals surface area contributed by atoms with E-state index in [-0.39, 0.29) is 18.5 Å². The van der Waals surface area contributed by atoms with Crippen molar-refractivity contribution in [1.29, 1.82) is 0 Å². The van der Waals surface area contributed by atoms with E-state index in [1.807, 2.05) is 0 Å². The standard InChI is InChI=1S/C40H55F3N2O13/c1-22-20-27(18-19-46)36(37(52-8)31(56-26(5)48)21-32(49)53-23(2)12-10-9-11-13-30(22)55-25(4)47)57-38-34(50)33(45(6)7)35(24(3)54-38)58-39(51)44-29-16-14-28(15-17-29)40(41,42)43/h9-11,13-17,19,22-24,27,30-31,33-38,50H,12,18,20-21H2,1-8H3,(H,44,51)/b10-9+,13-11+/t22-,23-,24-,27+,30+,31-,33-,34-,35-,36+,37+,38+/m1/s1. The van der Waals surface area contributed by atoms with Crippen molar-refractivity contribution in [3.8, 4) is 0 Å². The highest BCUT2D eigenvalue weighted by Crippen LogP contribution is 2.35. The Morgan fingerprint density at radius 1 is 0.983 bits per heavy atom. The number of methoxy groups -OCH3 is 1. The molecule has 2 heterocycles. The topological polar surface area (TPSA) is 185 Å². The first-order valence-corrected chi connectivity index (χ1v) is 18.9. The Morgan fingerprint density at radius 2 is 1.64 bits per heavy atom. The molecule has 0 aliphatic carbocycles. The molecular formula is C40H55F3N2O13. The van der Waals surface area contributed by atoms with Gasteiger partial charge in [0.2, 0.25) is 0 Å². The molecule has 18 heteroatoms. The molecule has 15 nitrogen and oxygen atoms in total. The van der Waals surface area contributed by atoms with Crippen LogP contribution in [0.2, 0.25) is 0 Å². The summed E-state index contributed by atoms with van der Waals surface area (Å²) in [5.41, 5.74) is -0.885. The number of alkyl halides is 3. The number of esters is 3. The fraction of sp³-hybridized carbons (Fsp3) is 0.625. The van der Waals surface area contributed by atoms with E-state index < -0.39 is 115 Å². The maximum Gasteiger partial charge on any atom is 0.416 e. The lowest BCUT2D eigenvalue weighted by Crippen LogP contribution is -2.64. The monoisotopic (exact) mass is 828 g/mol. The Labute approximate surface area is 336 Å². The summed E-state index contributed by atoms with van der Waals surface area (Å²) in [6.07, 6.45) is -8.63. The molecule has 0 unspecified atom stereocenters. The van der Waals surface area contributed by atoms with Gasteiger partial charge in [-0.3, -0.25) is 19.7 Å². The minimum atomic E-state index is -4.57. The summed E-state index contributed by atoms with van der Waals surface area (Å²) in [6, 6.07) is 2.73. The molecule has 1 aromatic carbocycles. The van der Waals surface area contributed by atoms with Crippen LogP contribution in [0.5, 0.6) is 0 Å². The van der Waals surface area contributed by atoms with Crippen LogP contribution in [-0.4, -0.2) is 123 Å². The molecule has 0 spiro atoms. The zero-order chi connectivity index (χ0) is 43.3.